The van der Waals surface area contributed by atoms with Crippen LogP contribution in [0.4, 0.5) is 0 Å². The molecule has 1 aliphatic rings. The van der Waals surface area contributed by atoms with Crippen molar-refractivity contribution in [3.05, 3.63) is 41.1 Å². The smallest absolute Gasteiger partial charge is 0.269 e. The molecule has 1 heterocycles. The van der Waals surface area contributed by atoms with Crippen LogP contribution in [0.2, 0.25) is 0 Å². The minimum Gasteiger partial charge on any atom is -0.392 e. The summed E-state index contributed by atoms with van der Waals surface area (Å²) in [6, 6.07) is 9.47. The van der Waals surface area contributed by atoms with E-state index in [9.17, 15) is 9.90 Å². The van der Waals surface area contributed by atoms with E-state index in [0.717, 1.165) is 29.7 Å². The highest BCUT2D eigenvalue weighted by Crippen LogP contribution is 2.46. The molecule has 1 aliphatic carbocycles. The van der Waals surface area contributed by atoms with Crippen LogP contribution in [0.15, 0.2) is 24.3 Å². The summed E-state index contributed by atoms with van der Waals surface area (Å²) in [7, 11) is 0. The predicted molar refractivity (Wildman–Crippen MR) is 98.8 cm³/mol. The molecule has 26 heavy (non-hydrogen) atoms. The number of carbonyl (C=O) groups excluding carboxylic acids is 1. The summed E-state index contributed by atoms with van der Waals surface area (Å²) in [5.74, 6) is 0.134. The highest BCUT2D eigenvalue weighted by Gasteiger charge is 2.35. The minimum atomic E-state index is -0.600. The van der Waals surface area contributed by atoms with Crippen LogP contribution in [-0.4, -0.2) is 33.4 Å². The second-order valence-electron chi connectivity index (χ2n) is 7.17. The standard InChI is InChI=1S/C20H24N4O2/c1-12(2)24-19(20(26)22-11-13(3)25)17(15-8-9-15)18(23-24)16-6-4-14(10-21)5-7-16/h4-7,12-13,15,25H,8-9,11H2,1-3H3,(H,22,26). The van der Waals surface area contributed by atoms with Crippen molar-refractivity contribution in [3.63, 3.8) is 0 Å². The third-order valence-corrected chi connectivity index (χ3v) is 4.48. The number of rotatable bonds is 6. The first kappa shape index (κ1) is 18.2. The molecule has 1 aromatic heterocycles. The van der Waals surface area contributed by atoms with E-state index >= 15 is 0 Å². The maximum atomic E-state index is 12.8. The van der Waals surface area contributed by atoms with Gasteiger partial charge in [-0.05, 0) is 51.7 Å². The number of aromatic nitrogens is 2. The van der Waals surface area contributed by atoms with Crippen molar-refractivity contribution in [2.75, 3.05) is 6.54 Å². The fraction of sp³-hybridized carbons (Fsp3) is 0.450. The molecule has 2 aromatic rings. The zero-order valence-corrected chi connectivity index (χ0v) is 15.4. The first-order chi connectivity index (χ1) is 12.4. The van der Waals surface area contributed by atoms with E-state index in [2.05, 4.69) is 11.4 Å². The normalized spacial score (nSPS) is 14.9. The van der Waals surface area contributed by atoms with Gasteiger partial charge in [0.15, 0.2) is 0 Å². The van der Waals surface area contributed by atoms with Gasteiger partial charge in [0.2, 0.25) is 0 Å². The van der Waals surface area contributed by atoms with Crippen molar-refractivity contribution in [2.45, 2.75) is 51.7 Å². The number of nitrogens with one attached hydrogen (secondary N) is 1. The molecule has 1 unspecified atom stereocenters. The van der Waals surface area contributed by atoms with Crippen molar-refractivity contribution in [1.29, 1.82) is 5.26 Å². The molecule has 0 bridgehead atoms. The van der Waals surface area contributed by atoms with Gasteiger partial charge < -0.3 is 10.4 Å². The molecule has 0 spiro atoms. The van der Waals surface area contributed by atoms with Gasteiger partial charge in [-0.3, -0.25) is 9.48 Å². The number of aliphatic hydroxyl groups is 1. The number of benzene rings is 1. The summed E-state index contributed by atoms with van der Waals surface area (Å²) in [6.07, 6.45) is 1.49. The van der Waals surface area contributed by atoms with Gasteiger partial charge in [0.25, 0.3) is 5.91 Å². The van der Waals surface area contributed by atoms with Crippen molar-refractivity contribution >= 4 is 5.91 Å². The van der Waals surface area contributed by atoms with Crippen molar-refractivity contribution < 1.29 is 9.90 Å². The average Bonchev–Trinajstić information content (AvgIpc) is 3.38. The Balaban J connectivity index is 2.09. The highest BCUT2D eigenvalue weighted by atomic mass is 16.3. The van der Waals surface area contributed by atoms with Crippen molar-refractivity contribution in [3.8, 4) is 17.3 Å². The minimum absolute atomic E-state index is 0.0342. The quantitative estimate of drug-likeness (QED) is 0.836. The lowest BCUT2D eigenvalue weighted by atomic mass is 10.0. The van der Waals surface area contributed by atoms with E-state index in [-0.39, 0.29) is 18.5 Å². The average molecular weight is 352 g/mol. The lowest BCUT2D eigenvalue weighted by Gasteiger charge is -2.13. The molecule has 1 saturated carbocycles. The molecule has 2 N–H and O–H groups in total. The Labute approximate surface area is 153 Å². The summed E-state index contributed by atoms with van der Waals surface area (Å²) in [4.78, 5) is 12.8. The van der Waals surface area contributed by atoms with Gasteiger partial charge in [-0.1, -0.05) is 12.1 Å². The summed E-state index contributed by atoms with van der Waals surface area (Å²) in [5.41, 5.74) is 3.89. The molecule has 6 heteroatoms. The first-order valence-corrected chi connectivity index (χ1v) is 9.01. The fourth-order valence-electron chi connectivity index (χ4n) is 3.05. The summed E-state index contributed by atoms with van der Waals surface area (Å²) in [5, 5.41) is 26.1. The molecule has 0 aliphatic heterocycles. The largest absolute Gasteiger partial charge is 0.392 e. The van der Waals surface area contributed by atoms with Crippen LogP contribution < -0.4 is 5.32 Å². The Morgan fingerprint density at radius 3 is 2.50 bits per heavy atom. The summed E-state index contributed by atoms with van der Waals surface area (Å²) < 4.78 is 1.78. The van der Waals surface area contributed by atoms with Gasteiger partial charge in [0, 0.05) is 23.7 Å². The summed E-state index contributed by atoms with van der Waals surface area (Å²) in [6.45, 7) is 5.85. The van der Waals surface area contributed by atoms with E-state index in [1.54, 1.807) is 23.7 Å². The Kier molecular flexibility index (Phi) is 5.10. The number of aliphatic hydroxyl groups excluding tert-OH is 1. The molecule has 1 fully saturated rings. The molecule has 0 saturated heterocycles. The molecule has 6 nitrogen and oxygen atoms in total. The molecule has 0 radical (unpaired) electrons. The Hall–Kier alpha value is -2.65. The third kappa shape index (κ3) is 3.63. The number of nitrogens with zero attached hydrogens (tertiary/aromatic N) is 3. The number of carbonyl (C=O) groups is 1. The predicted octanol–water partition coefficient (Wildman–Crippen LogP) is 2.99. The molecule has 1 atom stereocenters. The van der Waals surface area contributed by atoms with Crippen molar-refractivity contribution in [1.82, 2.24) is 15.1 Å². The van der Waals surface area contributed by atoms with E-state index in [0.29, 0.717) is 17.2 Å². The Bertz CT molecular complexity index is 840. The number of amides is 1. The SMILES string of the molecule is CC(O)CNC(=O)c1c(C2CC2)c(-c2ccc(C#N)cc2)nn1C(C)C. The van der Waals surface area contributed by atoms with E-state index in [1.165, 1.54) is 0 Å². The van der Waals surface area contributed by atoms with Gasteiger partial charge in [-0.2, -0.15) is 10.4 Å². The monoisotopic (exact) mass is 352 g/mol. The molecule has 3 rings (SSSR count). The van der Waals surface area contributed by atoms with Gasteiger partial charge in [0.1, 0.15) is 5.69 Å². The number of nitriles is 1. The zero-order valence-electron chi connectivity index (χ0n) is 15.4. The molecular weight excluding hydrogens is 328 g/mol. The lowest BCUT2D eigenvalue weighted by molar-refractivity contribution is 0.0910. The van der Waals surface area contributed by atoms with Crippen LogP contribution in [0, 0.1) is 11.3 Å². The molecule has 1 aromatic carbocycles. The van der Waals surface area contributed by atoms with Crippen LogP contribution in [-0.2, 0) is 0 Å². The van der Waals surface area contributed by atoms with Gasteiger partial charge in [0.05, 0.1) is 23.4 Å². The lowest BCUT2D eigenvalue weighted by Crippen LogP contribution is -2.33. The van der Waals surface area contributed by atoms with E-state index < -0.39 is 6.10 Å². The Morgan fingerprint density at radius 1 is 1.35 bits per heavy atom. The summed E-state index contributed by atoms with van der Waals surface area (Å²) >= 11 is 0. The molecule has 136 valence electrons. The second-order valence-corrected chi connectivity index (χ2v) is 7.17. The highest BCUT2D eigenvalue weighted by molar-refractivity contribution is 5.96. The van der Waals surface area contributed by atoms with E-state index in [1.807, 2.05) is 26.0 Å². The second kappa shape index (κ2) is 7.30. The number of hydrogen-bond acceptors (Lipinski definition) is 4. The topological polar surface area (TPSA) is 90.9 Å². The van der Waals surface area contributed by atoms with Crippen LogP contribution in [0.3, 0.4) is 0 Å². The van der Waals surface area contributed by atoms with Gasteiger partial charge in [-0.25, -0.2) is 0 Å². The van der Waals surface area contributed by atoms with Crippen molar-refractivity contribution in [2.24, 2.45) is 0 Å². The van der Waals surface area contributed by atoms with Crippen LogP contribution in [0.5, 0.6) is 0 Å². The molecule has 1 amide bonds. The zero-order chi connectivity index (χ0) is 18.8. The maximum absolute atomic E-state index is 12.8. The Morgan fingerprint density at radius 2 is 2.00 bits per heavy atom. The van der Waals surface area contributed by atoms with Crippen LogP contribution in [0.25, 0.3) is 11.3 Å². The number of hydrogen-bond donors (Lipinski definition) is 2. The maximum Gasteiger partial charge on any atom is 0.269 e. The van der Waals surface area contributed by atoms with E-state index in [4.69, 9.17) is 10.4 Å². The van der Waals surface area contributed by atoms with Crippen LogP contribution >= 0.6 is 0 Å². The third-order valence-electron chi connectivity index (χ3n) is 4.48. The van der Waals surface area contributed by atoms with Gasteiger partial charge >= 0.3 is 0 Å². The van der Waals surface area contributed by atoms with Gasteiger partial charge in [-0.15, -0.1) is 0 Å². The molecular formula is C20H24N4O2. The van der Waals surface area contributed by atoms with Crippen LogP contribution in [0.1, 0.15) is 67.2 Å². The first-order valence-electron chi connectivity index (χ1n) is 9.01. The fourth-order valence-corrected chi connectivity index (χ4v) is 3.05.